The minimum atomic E-state index is -0.952. The number of aryl methyl sites for hydroxylation is 3. The molecule has 0 spiro atoms. The van der Waals surface area contributed by atoms with E-state index < -0.39 is 17.8 Å². The molecule has 0 saturated heterocycles. The number of hydrogen-bond acceptors (Lipinski definition) is 3. The van der Waals surface area contributed by atoms with Gasteiger partial charge >= 0.3 is 5.97 Å². The Hall–Kier alpha value is -2.37. The predicted octanol–water partition coefficient (Wildman–Crippen LogP) is 1.78. The van der Waals surface area contributed by atoms with Crippen molar-refractivity contribution in [1.29, 1.82) is 0 Å². The average molecular weight is 318 g/mol. The molecule has 0 bridgehead atoms. The van der Waals surface area contributed by atoms with Gasteiger partial charge in [-0.2, -0.15) is 0 Å². The standard InChI is InChI=1S/C17H22N2O4/c1-9-6-10(2)15(11(3)7-9)19-14(20)8-18-16(21)12-4-5-13(12)17(22)23/h6-7,12-13H,4-5,8H2,1-3H3,(H,18,21)(H,19,20)(H,22,23). The molecule has 0 aliphatic heterocycles. The van der Waals surface area contributed by atoms with Gasteiger partial charge in [0.2, 0.25) is 11.8 Å². The third kappa shape index (κ3) is 3.88. The molecule has 0 heterocycles. The van der Waals surface area contributed by atoms with Crippen LogP contribution in [0.1, 0.15) is 29.5 Å². The molecule has 23 heavy (non-hydrogen) atoms. The smallest absolute Gasteiger partial charge is 0.307 e. The number of rotatable bonds is 5. The van der Waals surface area contributed by atoms with Crippen LogP contribution in [-0.4, -0.2) is 29.4 Å². The van der Waals surface area contributed by atoms with E-state index in [-0.39, 0.29) is 18.4 Å². The summed E-state index contributed by atoms with van der Waals surface area (Å²) < 4.78 is 0. The fourth-order valence-electron chi connectivity index (χ4n) is 2.97. The number of aliphatic carboxylic acids is 1. The summed E-state index contributed by atoms with van der Waals surface area (Å²) in [5.74, 6) is -2.79. The van der Waals surface area contributed by atoms with Gasteiger partial charge < -0.3 is 15.7 Å². The van der Waals surface area contributed by atoms with E-state index in [1.54, 1.807) is 0 Å². The SMILES string of the molecule is Cc1cc(C)c(NC(=O)CNC(=O)C2CCC2C(=O)O)c(C)c1. The van der Waals surface area contributed by atoms with Crippen molar-refractivity contribution in [1.82, 2.24) is 5.32 Å². The predicted molar refractivity (Wildman–Crippen MR) is 86.1 cm³/mol. The number of anilines is 1. The highest BCUT2D eigenvalue weighted by Crippen LogP contribution is 2.34. The van der Waals surface area contributed by atoms with Gasteiger partial charge in [0, 0.05) is 5.69 Å². The lowest BCUT2D eigenvalue weighted by molar-refractivity contribution is -0.152. The second-order valence-electron chi connectivity index (χ2n) is 6.17. The van der Waals surface area contributed by atoms with Crippen molar-refractivity contribution >= 4 is 23.5 Å². The molecule has 1 saturated carbocycles. The lowest BCUT2D eigenvalue weighted by atomic mass is 9.73. The van der Waals surface area contributed by atoms with Gasteiger partial charge in [-0.05, 0) is 44.7 Å². The summed E-state index contributed by atoms with van der Waals surface area (Å²) in [4.78, 5) is 34.8. The van der Waals surface area contributed by atoms with Gasteiger partial charge in [0.25, 0.3) is 0 Å². The molecular formula is C17H22N2O4. The van der Waals surface area contributed by atoms with Crippen LogP contribution in [0, 0.1) is 32.6 Å². The van der Waals surface area contributed by atoms with E-state index in [4.69, 9.17) is 5.11 Å². The zero-order chi connectivity index (χ0) is 17.1. The summed E-state index contributed by atoms with van der Waals surface area (Å²) in [6.45, 7) is 5.66. The first kappa shape index (κ1) is 17.0. The van der Waals surface area contributed by atoms with Crippen molar-refractivity contribution in [3.05, 3.63) is 28.8 Å². The van der Waals surface area contributed by atoms with E-state index in [0.717, 1.165) is 22.4 Å². The quantitative estimate of drug-likeness (QED) is 0.771. The highest BCUT2D eigenvalue weighted by molar-refractivity contribution is 5.96. The largest absolute Gasteiger partial charge is 0.481 e. The average Bonchev–Trinajstić information content (AvgIpc) is 2.38. The van der Waals surface area contributed by atoms with E-state index in [1.165, 1.54) is 0 Å². The molecule has 1 aliphatic carbocycles. The molecule has 1 aliphatic rings. The molecule has 2 rings (SSSR count). The minimum Gasteiger partial charge on any atom is -0.481 e. The zero-order valence-electron chi connectivity index (χ0n) is 13.6. The van der Waals surface area contributed by atoms with E-state index in [0.29, 0.717) is 12.8 Å². The number of amides is 2. The number of carbonyl (C=O) groups excluding carboxylic acids is 2. The zero-order valence-corrected chi connectivity index (χ0v) is 13.6. The molecular weight excluding hydrogens is 296 g/mol. The molecule has 1 aromatic carbocycles. The van der Waals surface area contributed by atoms with Gasteiger partial charge in [-0.15, -0.1) is 0 Å². The van der Waals surface area contributed by atoms with Crippen LogP contribution in [0.25, 0.3) is 0 Å². The fourth-order valence-corrected chi connectivity index (χ4v) is 2.97. The Morgan fingerprint density at radius 2 is 1.65 bits per heavy atom. The maximum absolute atomic E-state index is 12.0. The summed E-state index contributed by atoms with van der Waals surface area (Å²) in [5, 5.41) is 14.3. The van der Waals surface area contributed by atoms with Crippen LogP contribution in [0.15, 0.2) is 12.1 Å². The molecule has 6 heteroatoms. The Bertz CT molecular complexity index is 631. The lowest BCUT2D eigenvalue weighted by Crippen LogP contribution is -2.45. The molecule has 2 unspecified atom stereocenters. The molecule has 0 aromatic heterocycles. The van der Waals surface area contributed by atoms with Crippen LogP contribution in [0.3, 0.4) is 0 Å². The van der Waals surface area contributed by atoms with Gasteiger partial charge in [-0.3, -0.25) is 14.4 Å². The van der Waals surface area contributed by atoms with E-state index >= 15 is 0 Å². The van der Waals surface area contributed by atoms with Crippen molar-refractivity contribution < 1.29 is 19.5 Å². The van der Waals surface area contributed by atoms with E-state index in [9.17, 15) is 14.4 Å². The Morgan fingerprint density at radius 3 is 2.13 bits per heavy atom. The summed E-state index contributed by atoms with van der Waals surface area (Å²) in [5.41, 5.74) is 3.80. The molecule has 3 N–H and O–H groups in total. The van der Waals surface area contributed by atoms with Crippen LogP contribution < -0.4 is 10.6 Å². The van der Waals surface area contributed by atoms with E-state index in [1.807, 2.05) is 32.9 Å². The number of carboxylic acid groups (broad SMARTS) is 1. The molecule has 1 aromatic rings. The van der Waals surface area contributed by atoms with Crippen LogP contribution in [0.2, 0.25) is 0 Å². The second kappa shape index (κ2) is 6.81. The Labute approximate surface area is 135 Å². The van der Waals surface area contributed by atoms with Gasteiger partial charge in [0.05, 0.1) is 18.4 Å². The summed E-state index contributed by atoms with van der Waals surface area (Å²) >= 11 is 0. The van der Waals surface area contributed by atoms with Crippen molar-refractivity contribution in [2.45, 2.75) is 33.6 Å². The number of benzene rings is 1. The van der Waals surface area contributed by atoms with Gasteiger partial charge in [-0.25, -0.2) is 0 Å². The van der Waals surface area contributed by atoms with Crippen LogP contribution >= 0.6 is 0 Å². The monoisotopic (exact) mass is 318 g/mol. The number of hydrogen-bond donors (Lipinski definition) is 3. The van der Waals surface area contributed by atoms with Crippen molar-refractivity contribution in [3.63, 3.8) is 0 Å². The summed E-state index contributed by atoms with van der Waals surface area (Å²) in [6.07, 6.45) is 1.07. The second-order valence-corrected chi connectivity index (χ2v) is 6.17. The number of nitrogens with one attached hydrogen (secondary N) is 2. The third-order valence-corrected chi connectivity index (χ3v) is 4.29. The lowest BCUT2D eigenvalue weighted by Gasteiger charge is -2.31. The highest BCUT2D eigenvalue weighted by atomic mass is 16.4. The summed E-state index contributed by atoms with van der Waals surface area (Å²) in [6, 6.07) is 3.96. The first-order valence-corrected chi connectivity index (χ1v) is 7.67. The molecule has 124 valence electrons. The normalized spacial score (nSPS) is 19.6. The van der Waals surface area contributed by atoms with E-state index in [2.05, 4.69) is 10.6 Å². The number of carboxylic acids is 1. The topological polar surface area (TPSA) is 95.5 Å². The number of carbonyl (C=O) groups is 3. The first-order valence-electron chi connectivity index (χ1n) is 7.67. The van der Waals surface area contributed by atoms with Gasteiger partial charge in [0.1, 0.15) is 0 Å². The highest BCUT2D eigenvalue weighted by Gasteiger charge is 2.41. The van der Waals surface area contributed by atoms with Crippen LogP contribution in [-0.2, 0) is 14.4 Å². The molecule has 2 atom stereocenters. The fraction of sp³-hybridized carbons (Fsp3) is 0.471. The molecule has 2 amide bonds. The van der Waals surface area contributed by atoms with Crippen molar-refractivity contribution in [2.24, 2.45) is 11.8 Å². The van der Waals surface area contributed by atoms with Crippen molar-refractivity contribution in [3.8, 4) is 0 Å². The first-order chi connectivity index (χ1) is 10.8. The Morgan fingerprint density at radius 1 is 1.09 bits per heavy atom. The molecule has 1 fully saturated rings. The Kier molecular flexibility index (Phi) is 5.03. The minimum absolute atomic E-state index is 0.158. The Balaban J connectivity index is 1.89. The van der Waals surface area contributed by atoms with Crippen LogP contribution in [0.4, 0.5) is 5.69 Å². The molecule has 6 nitrogen and oxygen atoms in total. The summed E-state index contributed by atoms with van der Waals surface area (Å²) in [7, 11) is 0. The molecule has 0 radical (unpaired) electrons. The maximum atomic E-state index is 12.0. The maximum Gasteiger partial charge on any atom is 0.307 e. The van der Waals surface area contributed by atoms with Crippen LogP contribution in [0.5, 0.6) is 0 Å². The van der Waals surface area contributed by atoms with Gasteiger partial charge in [0.15, 0.2) is 0 Å². The van der Waals surface area contributed by atoms with Gasteiger partial charge in [-0.1, -0.05) is 17.7 Å². The third-order valence-electron chi connectivity index (χ3n) is 4.29. The van der Waals surface area contributed by atoms with Crippen molar-refractivity contribution in [2.75, 3.05) is 11.9 Å².